The van der Waals surface area contributed by atoms with E-state index in [1.54, 1.807) is 0 Å². The van der Waals surface area contributed by atoms with Crippen LogP contribution in [0.2, 0.25) is 0 Å². The molecule has 0 saturated carbocycles. The third-order valence-electron chi connectivity index (χ3n) is 1.66. The average Bonchev–Trinajstić information content (AvgIpc) is 2.15. The molecule has 1 aromatic heterocycles. The van der Waals surface area contributed by atoms with Crippen LogP contribution in [0.4, 0.5) is 13.2 Å². The molecule has 0 aliphatic heterocycles. The van der Waals surface area contributed by atoms with Crippen LogP contribution in [0.1, 0.15) is 5.69 Å². The summed E-state index contributed by atoms with van der Waals surface area (Å²) in [4.78, 5) is 3.12. The molecule has 0 aliphatic rings. The fourth-order valence-electron chi connectivity index (χ4n) is 1.00. The lowest BCUT2D eigenvalue weighted by molar-refractivity contribution is -0.140. The van der Waals surface area contributed by atoms with Gasteiger partial charge in [-0.3, -0.25) is 0 Å². The second-order valence-electron chi connectivity index (χ2n) is 2.66. The molecule has 1 heterocycles. The predicted molar refractivity (Wildman–Crippen MR) is 45.6 cm³/mol. The third-order valence-corrected chi connectivity index (χ3v) is 1.66. The van der Waals surface area contributed by atoms with E-state index >= 15 is 0 Å². The Kier molecular flexibility index (Phi) is 3.20. The molecule has 2 N–H and O–H groups in total. The van der Waals surface area contributed by atoms with Gasteiger partial charge in [-0.05, 0) is 6.07 Å². The van der Waals surface area contributed by atoms with Gasteiger partial charge in [0.05, 0.1) is 7.11 Å². The first-order chi connectivity index (χ1) is 6.86. The first-order valence-electron chi connectivity index (χ1n) is 3.84. The Morgan fingerprint density at radius 3 is 2.33 bits per heavy atom. The van der Waals surface area contributed by atoms with Gasteiger partial charge >= 0.3 is 13.3 Å². The summed E-state index contributed by atoms with van der Waals surface area (Å²) >= 11 is 0. The van der Waals surface area contributed by atoms with Gasteiger partial charge in [-0.1, -0.05) is 6.07 Å². The van der Waals surface area contributed by atoms with Gasteiger partial charge in [0.2, 0.25) is 5.88 Å². The molecule has 0 radical (unpaired) electrons. The van der Waals surface area contributed by atoms with Gasteiger partial charge in [0.15, 0.2) is 0 Å². The van der Waals surface area contributed by atoms with Gasteiger partial charge in [0.1, 0.15) is 5.69 Å². The minimum Gasteiger partial charge on any atom is -0.481 e. The number of hydrogen-bond acceptors (Lipinski definition) is 4. The summed E-state index contributed by atoms with van der Waals surface area (Å²) in [6.45, 7) is 0. The summed E-state index contributed by atoms with van der Waals surface area (Å²) in [7, 11) is -1.06. The lowest BCUT2D eigenvalue weighted by atomic mass is 9.79. The number of rotatable bonds is 2. The molecule has 0 aromatic carbocycles. The van der Waals surface area contributed by atoms with Crippen LogP contribution in [-0.4, -0.2) is 29.3 Å². The van der Waals surface area contributed by atoms with Crippen LogP contribution < -0.4 is 10.2 Å². The Hall–Kier alpha value is -1.28. The number of halogens is 3. The van der Waals surface area contributed by atoms with E-state index in [0.717, 1.165) is 19.2 Å². The minimum atomic E-state index is -4.76. The molecule has 0 fully saturated rings. The summed E-state index contributed by atoms with van der Waals surface area (Å²) in [6.07, 6.45) is -4.76. The van der Waals surface area contributed by atoms with Gasteiger partial charge in [-0.15, -0.1) is 0 Å². The Labute approximate surface area is 83.5 Å². The topological polar surface area (TPSA) is 62.6 Å². The van der Waals surface area contributed by atoms with Gasteiger partial charge in [0.25, 0.3) is 0 Å². The van der Waals surface area contributed by atoms with Gasteiger partial charge in [0, 0.05) is 5.46 Å². The molecule has 0 bridgehead atoms. The zero-order valence-corrected chi connectivity index (χ0v) is 7.62. The molecule has 0 atom stereocenters. The number of pyridine rings is 1. The van der Waals surface area contributed by atoms with E-state index in [0.29, 0.717) is 0 Å². The van der Waals surface area contributed by atoms with Crippen molar-refractivity contribution >= 4 is 12.6 Å². The molecule has 82 valence electrons. The summed E-state index contributed by atoms with van der Waals surface area (Å²) < 4.78 is 41.7. The van der Waals surface area contributed by atoms with E-state index in [1.807, 2.05) is 0 Å². The second kappa shape index (κ2) is 4.07. The average molecular weight is 221 g/mol. The van der Waals surface area contributed by atoms with Crippen molar-refractivity contribution in [3.63, 3.8) is 0 Å². The first-order valence-corrected chi connectivity index (χ1v) is 3.84. The van der Waals surface area contributed by atoms with Crippen molar-refractivity contribution < 1.29 is 28.0 Å². The molecular weight excluding hydrogens is 214 g/mol. The van der Waals surface area contributed by atoms with Crippen LogP contribution >= 0.6 is 0 Å². The number of alkyl halides is 3. The van der Waals surface area contributed by atoms with Crippen molar-refractivity contribution in [1.82, 2.24) is 4.98 Å². The Balaban J connectivity index is 3.29. The van der Waals surface area contributed by atoms with Gasteiger partial charge < -0.3 is 14.8 Å². The molecule has 0 amide bonds. The molecule has 8 heteroatoms. The van der Waals surface area contributed by atoms with Crippen molar-refractivity contribution in [2.75, 3.05) is 7.11 Å². The minimum absolute atomic E-state index is 0.244. The zero-order chi connectivity index (χ0) is 11.6. The van der Waals surface area contributed by atoms with Crippen LogP contribution in [-0.2, 0) is 6.18 Å². The number of nitrogens with zero attached hydrogens (tertiary/aromatic N) is 1. The molecule has 0 aliphatic carbocycles. The summed E-state index contributed by atoms with van der Waals surface area (Å²) in [6, 6.07) is 2.02. The molecule has 1 aromatic rings. The van der Waals surface area contributed by atoms with E-state index in [1.165, 1.54) is 0 Å². The van der Waals surface area contributed by atoms with Crippen LogP contribution in [0.25, 0.3) is 0 Å². The zero-order valence-electron chi connectivity index (χ0n) is 7.62. The van der Waals surface area contributed by atoms with Crippen LogP contribution in [0.3, 0.4) is 0 Å². The maximum Gasteiger partial charge on any atom is 0.490 e. The summed E-state index contributed by atoms with van der Waals surface area (Å²) in [5.74, 6) is -0.244. The third kappa shape index (κ3) is 2.60. The fourth-order valence-corrected chi connectivity index (χ4v) is 1.00. The van der Waals surface area contributed by atoms with Gasteiger partial charge in [-0.2, -0.15) is 13.2 Å². The second-order valence-corrected chi connectivity index (χ2v) is 2.66. The summed E-state index contributed by atoms with van der Waals surface area (Å²) in [5.41, 5.74) is -2.07. The number of methoxy groups -OCH3 is 1. The van der Waals surface area contributed by atoms with E-state index in [4.69, 9.17) is 10.0 Å². The van der Waals surface area contributed by atoms with Crippen molar-refractivity contribution in [1.29, 1.82) is 0 Å². The molecular formula is C7H7BF3NO3. The maximum absolute atomic E-state index is 12.4. The monoisotopic (exact) mass is 221 g/mol. The molecule has 4 nitrogen and oxygen atoms in total. The standard InChI is InChI=1S/C7H7BF3NO3/c1-15-5-3-2-4(8(13)14)6(12-5)7(9,10)11/h2-3,13-14H,1H3. The van der Waals surface area contributed by atoms with Crippen molar-refractivity contribution in [3.05, 3.63) is 17.8 Å². The first kappa shape index (κ1) is 11.8. The molecule has 1 rings (SSSR count). The largest absolute Gasteiger partial charge is 0.490 e. The highest BCUT2D eigenvalue weighted by molar-refractivity contribution is 6.59. The molecule has 0 saturated heterocycles. The van der Waals surface area contributed by atoms with Crippen LogP contribution in [0.15, 0.2) is 12.1 Å². The Bertz CT molecular complexity index is 356. The van der Waals surface area contributed by atoms with Gasteiger partial charge in [-0.25, -0.2) is 4.98 Å². The summed E-state index contributed by atoms with van der Waals surface area (Å²) in [5, 5.41) is 17.4. The number of hydrogen-bond donors (Lipinski definition) is 2. The normalized spacial score (nSPS) is 11.3. The molecule has 0 unspecified atom stereocenters. The van der Waals surface area contributed by atoms with Crippen molar-refractivity contribution in [2.45, 2.75) is 6.18 Å². The van der Waals surface area contributed by atoms with Crippen LogP contribution in [0, 0.1) is 0 Å². The SMILES string of the molecule is COc1ccc(B(O)O)c(C(F)(F)F)n1. The number of aromatic nitrogens is 1. The van der Waals surface area contributed by atoms with E-state index in [2.05, 4.69) is 9.72 Å². The highest BCUT2D eigenvalue weighted by atomic mass is 19.4. The van der Waals surface area contributed by atoms with Crippen LogP contribution in [0.5, 0.6) is 5.88 Å². The predicted octanol–water partition coefficient (Wildman–Crippen LogP) is -0.211. The number of ether oxygens (including phenoxy) is 1. The fraction of sp³-hybridized carbons (Fsp3) is 0.286. The van der Waals surface area contributed by atoms with E-state index in [-0.39, 0.29) is 5.88 Å². The van der Waals surface area contributed by atoms with Crippen molar-refractivity contribution in [2.24, 2.45) is 0 Å². The Morgan fingerprint density at radius 2 is 1.93 bits per heavy atom. The smallest absolute Gasteiger partial charge is 0.481 e. The quantitative estimate of drug-likeness (QED) is 0.678. The maximum atomic E-state index is 12.4. The molecule has 15 heavy (non-hydrogen) atoms. The highest BCUT2D eigenvalue weighted by Crippen LogP contribution is 2.27. The van der Waals surface area contributed by atoms with E-state index in [9.17, 15) is 13.2 Å². The Morgan fingerprint density at radius 1 is 1.33 bits per heavy atom. The van der Waals surface area contributed by atoms with Crippen molar-refractivity contribution in [3.8, 4) is 5.88 Å². The lowest BCUT2D eigenvalue weighted by Gasteiger charge is -2.12. The van der Waals surface area contributed by atoms with E-state index < -0.39 is 24.5 Å². The highest BCUT2D eigenvalue weighted by Gasteiger charge is 2.38. The lowest BCUT2D eigenvalue weighted by Crippen LogP contribution is -2.37. The molecule has 0 spiro atoms.